The van der Waals surface area contributed by atoms with Gasteiger partial charge in [-0.3, -0.25) is 4.79 Å². The number of aromatic nitrogens is 1. The highest BCUT2D eigenvalue weighted by molar-refractivity contribution is 7.89. The molecule has 8 heteroatoms. The SMILES string of the molecule is CC(C)(C)CC(=O)NCCCS(=O)(=O)N1CCN(c2ccccn2)CC1. The largest absolute Gasteiger partial charge is 0.356 e. The fourth-order valence-corrected chi connectivity index (χ4v) is 4.38. The molecule has 1 amide bonds. The Hall–Kier alpha value is -1.67. The molecule has 26 heavy (non-hydrogen) atoms. The average molecular weight is 383 g/mol. The van der Waals surface area contributed by atoms with Crippen molar-refractivity contribution >= 4 is 21.7 Å². The van der Waals surface area contributed by atoms with Gasteiger partial charge in [-0.1, -0.05) is 26.8 Å². The van der Waals surface area contributed by atoms with Crippen molar-refractivity contribution in [2.75, 3.05) is 43.4 Å². The summed E-state index contributed by atoms with van der Waals surface area (Å²) >= 11 is 0. The number of amides is 1. The lowest BCUT2D eigenvalue weighted by atomic mass is 9.92. The van der Waals surface area contributed by atoms with Crippen LogP contribution in [0.3, 0.4) is 0 Å². The van der Waals surface area contributed by atoms with Crippen molar-refractivity contribution in [1.82, 2.24) is 14.6 Å². The Labute approximate surface area is 156 Å². The van der Waals surface area contributed by atoms with Crippen LogP contribution in [0.4, 0.5) is 5.82 Å². The Morgan fingerprint density at radius 3 is 2.46 bits per heavy atom. The molecule has 0 spiro atoms. The molecule has 0 unspecified atom stereocenters. The van der Waals surface area contributed by atoms with Gasteiger partial charge in [-0.25, -0.2) is 13.4 Å². The van der Waals surface area contributed by atoms with E-state index in [1.54, 1.807) is 10.5 Å². The van der Waals surface area contributed by atoms with Crippen molar-refractivity contribution in [3.8, 4) is 0 Å². The summed E-state index contributed by atoms with van der Waals surface area (Å²) in [4.78, 5) is 18.2. The van der Waals surface area contributed by atoms with Crippen LogP contribution in [0.25, 0.3) is 0 Å². The van der Waals surface area contributed by atoms with Gasteiger partial charge in [0.05, 0.1) is 5.75 Å². The molecule has 0 atom stereocenters. The average Bonchev–Trinajstić information content (AvgIpc) is 2.58. The summed E-state index contributed by atoms with van der Waals surface area (Å²) in [5, 5.41) is 2.80. The molecule has 0 bridgehead atoms. The molecule has 1 fully saturated rings. The van der Waals surface area contributed by atoms with E-state index in [1.807, 2.05) is 39.0 Å². The van der Waals surface area contributed by atoms with E-state index in [-0.39, 0.29) is 17.1 Å². The number of rotatable bonds is 7. The summed E-state index contributed by atoms with van der Waals surface area (Å²) < 4.78 is 26.5. The summed E-state index contributed by atoms with van der Waals surface area (Å²) in [6.07, 6.45) is 2.61. The summed E-state index contributed by atoms with van der Waals surface area (Å²) in [5.41, 5.74) is -0.0660. The standard InChI is InChI=1S/C18H30N4O3S/c1-18(2,3)15-17(23)20-9-6-14-26(24,25)22-12-10-21(11-13-22)16-7-4-5-8-19-16/h4-5,7-8H,6,9-15H2,1-3H3,(H,20,23). The van der Waals surface area contributed by atoms with E-state index in [4.69, 9.17) is 0 Å². The predicted octanol–water partition coefficient (Wildman–Crippen LogP) is 1.48. The van der Waals surface area contributed by atoms with Gasteiger partial charge in [0.15, 0.2) is 0 Å². The van der Waals surface area contributed by atoms with Crippen molar-refractivity contribution in [2.24, 2.45) is 5.41 Å². The Bertz CT molecular complexity index is 678. The third-order valence-electron chi connectivity index (χ3n) is 4.20. The number of nitrogens with one attached hydrogen (secondary N) is 1. The van der Waals surface area contributed by atoms with Crippen molar-refractivity contribution in [3.63, 3.8) is 0 Å². The molecule has 0 radical (unpaired) electrons. The quantitative estimate of drug-likeness (QED) is 0.722. The molecular formula is C18H30N4O3S. The van der Waals surface area contributed by atoms with Crippen molar-refractivity contribution < 1.29 is 13.2 Å². The van der Waals surface area contributed by atoms with Crippen LogP contribution in [0.1, 0.15) is 33.6 Å². The zero-order chi connectivity index (χ0) is 19.2. The number of hydrogen-bond acceptors (Lipinski definition) is 5. The van der Waals surface area contributed by atoms with Crippen LogP contribution < -0.4 is 10.2 Å². The first kappa shape index (κ1) is 20.6. The second kappa shape index (κ2) is 8.81. The van der Waals surface area contributed by atoms with Crippen molar-refractivity contribution in [2.45, 2.75) is 33.6 Å². The number of pyridine rings is 1. The molecule has 146 valence electrons. The van der Waals surface area contributed by atoms with Gasteiger partial charge < -0.3 is 10.2 Å². The lowest BCUT2D eigenvalue weighted by Crippen LogP contribution is -2.49. The number of piperazine rings is 1. The minimum Gasteiger partial charge on any atom is -0.356 e. The van der Waals surface area contributed by atoms with Crippen molar-refractivity contribution in [3.05, 3.63) is 24.4 Å². The normalized spacial score (nSPS) is 16.5. The molecule has 1 saturated heterocycles. The minimum absolute atomic E-state index is 0.0288. The van der Waals surface area contributed by atoms with Crippen LogP contribution in [-0.2, 0) is 14.8 Å². The molecule has 1 aliphatic heterocycles. The van der Waals surface area contributed by atoms with Gasteiger partial charge in [0.2, 0.25) is 15.9 Å². The first-order valence-corrected chi connectivity index (χ1v) is 10.7. The van der Waals surface area contributed by atoms with Crippen LogP contribution in [-0.4, -0.2) is 62.1 Å². The second-order valence-electron chi connectivity index (χ2n) is 7.83. The molecule has 2 rings (SSSR count). The van der Waals surface area contributed by atoms with Gasteiger partial charge in [-0.05, 0) is 24.0 Å². The first-order chi connectivity index (χ1) is 12.2. The molecule has 2 heterocycles. The van der Waals surface area contributed by atoms with Gasteiger partial charge >= 0.3 is 0 Å². The minimum atomic E-state index is -3.29. The number of carbonyl (C=O) groups excluding carboxylic acids is 1. The monoisotopic (exact) mass is 382 g/mol. The van der Waals surface area contributed by atoms with Crippen LogP contribution >= 0.6 is 0 Å². The van der Waals surface area contributed by atoms with Crippen LogP contribution in [0, 0.1) is 5.41 Å². The van der Waals surface area contributed by atoms with Gasteiger partial charge in [-0.2, -0.15) is 4.31 Å². The van der Waals surface area contributed by atoms with Crippen molar-refractivity contribution in [1.29, 1.82) is 0 Å². The van der Waals surface area contributed by atoms with E-state index in [0.29, 0.717) is 45.6 Å². The molecule has 1 N–H and O–H groups in total. The maximum absolute atomic E-state index is 12.5. The highest BCUT2D eigenvalue weighted by atomic mass is 32.2. The third-order valence-corrected chi connectivity index (χ3v) is 6.15. The van der Waals surface area contributed by atoms with Gasteiger partial charge in [0.25, 0.3) is 0 Å². The summed E-state index contributed by atoms with van der Waals surface area (Å²) in [6, 6.07) is 5.73. The van der Waals surface area contributed by atoms with E-state index in [2.05, 4.69) is 15.2 Å². The molecule has 1 aliphatic rings. The Morgan fingerprint density at radius 1 is 1.19 bits per heavy atom. The third kappa shape index (κ3) is 6.57. The fraction of sp³-hybridized carbons (Fsp3) is 0.667. The van der Waals surface area contributed by atoms with Crippen LogP contribution in [0.2, 0.25) is 0 Å². The lowest BCUT2D eigenvalue weighted by Gasteiger charge is -2.34. The maximum Gasteiger partial charge on any atom is 0.220 e. The molecule has 7 nitrogen and oxygen atoms in total. The summed E-state index contributed by atoms with van der Waals surface area (Å²) in [5.74, 6) is 0.914. The number of nitrogens with zero attached hydrogens (tertiary/aromatic N) is 3. The molecular weight excluding hydrogens is 352 g/mol. The Kier molecular flexibility index (Phi) is 7.00. The van der Waals surface area contributed by atoms with Gasteiger partial charge in [0.1, 0.15) is 5.82 Å². The zero-order valence-corrected chi connectivity index (χ0v) is 16.8. The Morgan fingerprint density at radius 2 is 1.88 bits per heavy atom. The molecule has 0 saturated carbocycles. The summed E-state index contributed by atoms with van der Waals surface area (Å²) in [7, 11) is -3.29. The highest BCUT2D eigenvalue weighted by Gasteiger charge is 2.27. The van der Waals surface area contributed by atoms with E-state index >= 15 is 0 Å². The second-order valence-corrected chi connectivity index (χ2v) is 9.92. The number of sulfonamides is 1. The van der Waals surface area contributed by atoms with Gasteiger partial charge in [-0.15, -0.1) is 0 Å². The fourth-order valence-electron chi connectivity index (χ4n) is 2.89. The molecule has 0 aromatic carbocycles. The number of anilines is 1. The Balaban J connectivity index is 1.73. The highest BCUT2D eigenvalue weighted by Crippen LogP contribution is 2.18. The topological polar surface area (TPSA) is 82.6 Å². The van der Waals surface area contributed by atoms with E-state index in [9.17, 15) is 13.2 Å². The number of carbonyl (C=O) groups is 1. The van der Waals surface area contributed by atoms with Crippen LogP contribution in [0.5, 0.6) is 0 Å². The first-order valence-electron chi connectivity index (χ1n) is 9.08. The maximum atomic E-state index is 12.5. The molecule has 0 aliphatic carbocycles. The van der Waals surface area contributed by atoms with Gasteiger partial charge in [0, 0.05) is 45.3 Å². The molecule has 1 aromatic rings. The molecule has 1 aromatic heterocycles. The predicted molar refractivity (Wildman–Crippen MR) is 104 cm³/mol. The number of hydrogen-bond donors (Lipinski definition) is 1. The smallest absolute Gasteiger partial charge is 0.220 e. The van der Waals surface area contributed by atoms with Crippen LogP contribution in [0.15, 0.2) is 24.4 Å². The summed E-state index contributed by atoms with van der Waals surface area (Å²) in [6.45, 7) is 8.61. The zero-order valence-electron chi connectivity index (χ0n) is 15.9. The van der Waals surface area contributed by atoms with E-state index in [1.165, 1.54) is 0 Å². The lowest BCUT2D eigenvalue weighted by molar-refractivity contribution is -0.122. The van der Waals surface area contributed by atoms with E-state index in [0.717, 1.165) is 5.82 Å². The van der Waals surface area contributed by atoms with E-state index < -0.39 is 10.0 Å².